The highest BCUT2D eigenvalue weighted by Crippen LogP contribution is 2.27. The summed E-state index contributed by atoms with van der Waals surface area (Å²) in [5.74, 6) is -0.280. The molecular formula is C12H13BrFNO. The lowest BCUT2D eigenvalue weighted by Crippen LogP contribution is -2.16. The minimum Gasteiger partial charge on any atom is -0.501 e. The molecule has 2 N–H and O–H groups in total. The average Bonchev–Trinajstić information content (AvgIpc) is 2.28. The van der Waals surface area contributed by atoms with Gasteiger partial charge < -0.3 is 10.5 Å². The zero-order valence-electron chi connectivity index (χ0n) is 8.75. The summed E-state index contributed by atoms with van der Waals surface area (Å²) in [6, 6.07) is 4.43. The summed E-state index contributed by atoms with van der Waals surface area (Å²) in [4.78, 5) is 0. The Morgan fingerprint density at radius 2 is 2.19 bits per heavy atom. The summed E-state index contributed by atoms with van der Waals surface area (Å²) in [7, 11) is 0. The van der Waals surface area contributed by atoms with Crippen molar-refractivity contribution in [2.45, 2.75) is 18.9 Å². The number of nitrogens with two attached hydrogens (primary N) is 1. The van der Waals surface area contributed by atoms with Gasteiger partial charge in [-0.3, -0.25) is 0 Å². The standard InChI is InChI=1S/C12H13BrFNO/c13-10-4-9(5-11(14)6-10)12(15)8-2-1-3-16-7-8/h4-7,12H,1-3,15H2. The van der Waals surface area contributed by atoms with Crippen LogP contribution in [0.2, 0.25) is 0 Å². The van der Waals surface area contributed by atoms with Crippen molar-refractivity contribution in [1.29, 1.82) is 0 Å². The molecule has 1 heterocycles. The van der Waals surface area contributed by atoms with Gasteiger partial charge in [0.1, 0.15) is 5.82 Å². The molecule has 4 heteroatoms. The van der Waals surface area contributed by atoms with Crippen molar-refractivity contribution in [3.05, 3.63) is 45.9 Å². The Morgan fingerprint density at radius 3 is 2.81 bits per heavy atom. The Hall–Kier alpha value is -0.870. The smallest absolute Gasteiger partial charge is 0.124 e. The van der Waals surface area contributed by atoms with Crippen LogP contribution in [-0.4, -0.2) is 6.61 Å². The van der Waals surface area contributed by atoms with Gasteiger partial charge in [-0.25, -0.2) is 4.39 Å². The van der Waals surface area contributed by atoms with Crippen LogP contribution in [0, 0.1) is 5.82 Å². The van der Waals surface area contributed by atoms with E-state index in [4.69, 9.17) is 10.5 Å². The first-order valence-electron chi connectivity index (χ1n) is 5.19. The molecule has 1 aliphatic rings. The highest BCUT2D eigenvalue weighted by Gasteiger charge is 2.16. The van der Waals surface area contributed by atoms with Gasteiger partial charge in [0, 0.05) is 4.47 Å². The molecule has 2 rings (SSSR count). The summed E-state index contributed by atoms with van der Waals surface area (Å²) in [5.41, 5.74) is 7.86. The Bertz CT molecular complexity index is 399. The van der Waals surface area contributed by atoms with Crippen molar-refractivity contribution in [3.8, 4) is 0 Å². The van der Waals surface area contributed by atoms with Crippen LogP contribution in [0.3, 0.4) is 0 Å². The Labute approximate surface area is 102 Å². The van der Waals surface area contributed by atoms with E-state index in [9.17, 15) is 4.39 Å². The fourth-order valence-corrected chi connectivity index (χ4v) is 2.27. The van der Waals surface area contributed by atoms with Gasteiger partial charge in [-0.05, 0) is 42.2 Å². The number of hydrogen-bond acceptors (Lipinski definition) is 2. The quantitative estimate of drug-likeness (QED) is 0.905. The highest BCUT2D eigenvalue weighted by atomic mass is 79.9. The predicted molar refractivity (Wildman–Crippen MR) is 64.3 cm³/mol. The SMILES string of the molecule is NC(C1=COCCC1)c1cc(F)cc(Br)c1. The molecule has 1 unspecified atom stereocenters. The van der Waals surface area contributed by atoms with Gasteiger partial charge in [0.25, 0.3) is 0 Å². The molecule has 1 atom stereocenters. The van der Waals surface area contributed by atoms with Crippen molar-refractivity contribution >= 4 is 15.9 Å². The van der Waals surface area contributed by atoms with Crippen LogP contribution in [0.25, 0.3) is 0 Å². The zero-order valence-corrected chi connectivity index (χ0v) is 10.3. The van der Waals surface area contributed by atoms with E-state index in [1.807, 2.05) is 6.07 Å². The first-order chi connectivity index (χ1) is 7.66. The van der Waals surface area contributed by atoms with Crippen molar-refractivity contribution in [3.63, 3.8) is 0 Å². The third-order valence-electron chi connectivity index (χ3n) is 2.61. The molecule has 1 aromatic carbocycles. The second-order valence-corrected chi connectivity index (χ2v) is 4.76. The normalized spacial score (nSPS) is 17.6. The molecule has 1 aromatic rings. The van der Waals surface area contributed by atoms with E-state index in [1.165, 1.54) is 12.1 Å². The zero-order chi connectivity index (χ0) is 11.5. The number of benzene rings is 1. The maximum atomic E-state index is 13.2. The van der Waals surface area contributed by atoms with Gasteiger partial charge in [0.2, 0.25) is 0 Å². The van der Waals surface area contributed by atoms with Crippen LogP contribution in [-0.2, 0) is 4.74 Å². The summed E-state index contributed by atoms with van der Waals surface area (Å²) in [6.07, 6.45) is 3.58. The van der Waals surface area contributed by atoms with Gasteiger partial charge in [-0.2, -0.15) is 0 Å². The summed E-state index contributed by atoms with van der Waals surface area (Å²) >= 11 is 3.26. The Morgan fingerprint density at radius 1 is 1.38 bits per heavy atom. The first kappa shape index (κ1) is 11.6. The van der Waals surface area contributed by atoms with E-state index in [1.54, 1.807) is 6.26 Å². The van der Waals surface area contributed by atoms with E-state index >= 15 is 0 Å². The largest absolute Gasteiger partial charge is 0.501 e. The first-order valence-corrected chi connectivity index (χ1v) is 5.98. The molecule has 2 nitrogen and oxygen atoms in total. The second-order valence-electron chi connectivity index (χ2n) is 3.85. The minimum atomic E-state index is -0.285. The number of ether oxygens (including phenoxy) is 1. The number of halogens is 2. The Balaban J connectivity index is 2.25. The van der Waals surface area contributed by atoms with Crippen LogP contribution >= 0.6 is 15.9 Å². The molecule has 0 amide bonds. The summed E-state index contributed by atoms with van der Waals surface area (Å²) in [5, 5.41) is 0. The molecule has 0 saturated heterocycles. The van der Waals surface area contributed by atoms with Gasteiger partial charge >= 0.3 is 0 Å². The molecule has 0 radical (unpaired) electrons. The third kappa shape index (κ3) is 2.62. The molecule has 0 spiro atoms. The number of rotatable bonds is 2. The third-order valence-corrected chi connectivity index (χ3v) is 3.06. The van der Waals surface area contributed by atoms with Crippen molar-refractivity contribution < 1.29 is 9.13 Å². The molecule has 0 fully saturated rings. The predicted octanol–water partition coefficient (Wildman–Crippen LogP) is 3.28. The van der Waals surface area contributed by atoms with E-state index < -0.39 is 0 Å². The van der Waals surface area contributed by atoms with Gasteiger partial charge in [-0.15, -0.1) is 0 Å². The molecule has 0 aromatic heterocycles. The van der Waals surface area contributed by atoms with Crippen LogP contribution in [0.5, 0.6) is 0 Å². The lowest BCUT2D eigenvalue weighted by atomic mass is 9.96. The molecular weight excluding hydrogens is 273 g/mol. The molecule has 86 valence electrons. The highest BCUT2D eigenvalue weighted by molar-refractivity contribution is 9.10. The minimum absolute atomic E-state index is 0.280. The maximum absolute atomic E-state index is 13.2. The van der Waals surface area contributed by atoms with E-state index in [-0.39, 0.29) is 11.9 Å². The summed E-state index contributed by atoms with van der Waals surface area (Å²) in [6.45, 7) is 0.739. The van der Waals surface area contributed by atoms with Crippen LogP contribution in [0.15, 0.2) is 34.5 Å². The van der Waals surface area contributed by atoms with Gasteiger partial charge in [0.15, 0.2) is 0 Å². The monoisotopic (exact) mass is 285 g/mol. The van der Waals surface area contributed by atoms with Crippen LogP contribution < -0.4 is 5.73 Å². The molecule has 16 heavy (non-hydrogen) atoms. The van der Waals surface area contributed by atoms with Crippen molar-refractivity contribution in [1.82, 2.24) is 0 Å². The fraction of sp³-hybridized carbons (Fsp3) is 0.333. The van der Waals surface area contributed by atoms with Crippen molar-refractivity contribution in [2.24, 2.45) is 5.73 Å². The number of hydrogen-bond donors (Lipinski definition) is 1. The fourth-order valence-electron chi connectivity index (χ4n) is 1.78. The van der Waals surface area contributed by atoms with Crippen LogP contribution in [0.1, 0.15) is 24.4 Å². The molecule has 0 bridgehead atoms. The van der Waals surface area contributed by atoms with Gasteiger partial charge in [-0.1, -0.05) is 15.9 Å². The summed E-state index contributed by atoms with van der Waals surface area (Å²) < 4.78 is 19.2. The van der Waals surface area contributed by atoms with Gasteiger partial charge in [0.05, 0.1) is 18.9 Å². The molecule has 1 aliphatic heterocycles. The second kappa shape index (κ2) is 4.97. The maximum Gasteiger partial charge on any atom is 0.124 e. The molecule has 0 saturated carbocycles. The van der Waals surface area contributed by atoms with E-state index in [0.29, 0.717) is 4.47 Å². The Kier molecular flexibility index (Phi) is 3.61. The topological polar surface area (TPSA) is 35.2 Å². The molecule has 0 aliphatic carbocycles. The van der Waals surface area contributed by atoms with Crippen molar-refractivity contribution in [2.75, 3.05) is 6.61 Å². The average molecular weight is 286 g/mol. The van der Waals surface area contributed by atoms with E-state index in [0.717, 1.165) is 30.6 Å². The van der Waals surface area contributed by atoms with E-state index in [2.05, 4.69) is 15.9 Å². The van der Waals surface area contributed by atoms with Crippen LogP contribution in [0.4, 0.5) is 4.39 Å². The lowest BCUT2D eigenvalue weighted by molar-refractivity contribution is 0.221. The lowest BCUT2D eigenvalue weighted by Gasteiger charge is -2.20.